The van der Waals surface area contributed by atoms with E-state index in [-0.39, 0.29) is 23.9 Å². The first-order valence-electron chi connectivity index (χ1n) is 13.8. The van der Waals surface area contributed by atoms with E-state index in [1.807, 2.05) is 19.9 Å². The molecule has 5 nitrogen and oxygen atoms in total. The third-order valence-electron chi connectivity index (χ3n) is 8.02. The summed E-state index contributed by atoms with van der Waals surface area (Å²) in [4.78, 5) is 20.8. The molecule has 1 atom stereocenters. The Morgan fingerprint density at radius 1 is 0.972 bits per heavy atom. The number of halogens is 1. The second-order valence-electron chi connectivity index (χ2n) is 10.9. The van der Waals surface area contributed by atoms with Crippen LogP contribution in [0, 0.1) is 11.7 Å². The number of nitrogens with zero attached hydrogens (tertiary/aromatic N) is 3. The van der Waals surface area contributed by atoms with Crippen molar-refractivity contribution in [3.63, 3.8) is 0 Å². The smallest absolute Gasteiger partial charge is 0.230 e. The van der Waals surface area contributed by atoms with Crippen molar-refractivity contribution in [1.82, 2.24) is 4.90 Å². The Hall–Kier alpha value is -2.60. The van der Waals surface area contributed by atoms with E-state index in [2.05, 4.69) is 39.0 Å². The molecule has 0 N–H and O–H groups in total. The molecule has 2 aromatic rings. The number of para-hydroxylation sites is 1. The van der Waals surface area contributed by atoms with Crippen LogP contribution in [0.1, 0.15) is 57.9 Å². The lowest BCUT2D eigenvalue weighted by atomic mass is 9.86. The number of piperazine rings is 1. The SMILES string of the molecule is CC(C)Oc1cc(F)ccc1N1CCN(CC2CCc3ccccc3N2C(=O)C2CCCCC2)CC1. The summed E-state index contributed by atoms with van der Waals surface area (Å²) >= 11 is 0. The minimum absolute atomic E-state index is 0.00583. The molecule has 2 aromatic carbocycles. The van der Waals surface area contributed by atoms with E-state index in [1.54, 1.807) is 0 Å². The molecule has 1 unspecified atom stereocenters. The molecule has 2 fully saturated rings. The largest absolute Gasteiger partial charge is 0.489 e. The molecular weight excluding hydrogens is 453 g/mol. The molecule has 6 heteroatoms. The minimum atomic E-state index is -0.270. The van der Waals surface area contributed by atoms with Gasteiger partial charge in [0.05, 0.1) is 11.8 Å². The molecule has 1 amide bonds. The van der Waals surface area contributed by atoms with E-state index in [0.29, 0.717) is 11.7 Å². The molecule has 0 bridgehead atoms. The number of rotatable bonds is 6. The fraction of sp³-hybridized carbons (Fsp3) is 0.567. The lowest BCUT2D eigenvalue weighted by Gasteiger charge is -2.44. The van der Waals surface area contributed by atoms with Gasteiger partial charge in [-0.3, -0.25) is 9.69 Å². The maximum absolute atomic E-state index is 13.9. The molecule has 2 heterocycles. The number of fused-ring (bicyclic) bond motifs is 1. The zero-order valence-corrected chi connectivity index (χ0v) is 21.8. The summed E-state index contributed by atoms with van der Waals surface area (Å²) < 4.78 is 19.8. The Labute approximate surface area is 215 Å². The Balaban J connectivity index is 1.27. The van der Waals surface area contributed by atoms with Crippen molar-refractivity contribution in [2.24, 2.45) is 5.92 Å². The number of hydrogen-bond donors (Lipinski definition) is 0. The summed E-state index contributed by atoms with van der Waals surface area (Å²) in [5, 5.41) is 0. The topological polar surface area (TPSA) is 36.0 Å². The molecular formula is C30H40FN3O2. The third kappa shape index (κ3) is 5.54. The number of ether oxygens (including phenoxy) is 1. The Bertz CT molecular complexity index is 1040. The highest BCUT2D eigenvalue weighted by Gasteiger charge is 2.36. The van der Waals surface area contributed by atoms with Gasteiger partial charge in [0.25, 0.3) is 0 Å². The predicted octanol–water partition coefficient (Wildman–Crippen LogP) is 5.66. The highest BCUT2D eigenvalue weighted by atomic mass is 19.1. The molecule has 2 aliphatic heterocycles. The van der Waals surface area contributed by atoms with Gasteiger partial charge in [0, 0.05) is 56.4 Å². The Morgan fingerprint density at radius 3 is 2.47 bits per heavy atom. The minimum Gasteiger partial charge on any atom is -0.489 e. The zero-order valence-electron chi connectivity index (χ0n) is 21.8. The van der Waals surface area contributed by atoms with E-state index < -0.39 is 0 Å². The average molecular weight is 494 g/mol. The van der Waals surface area contributed by atoms with E-state index in [0.717, 1.165) is 69.8 Å². The summed E-state index contributed by atoms with van der Waals surface area (Å²) in [5.41, 5.74) is 3.40. The molecule has 36 heavy (non-hydrogen) atoms. The molecule has 1 aliphatic carbocycles. The van der Waals surface area contributed by atoms with Crippen molar-refractivity contribution in [3.05, 3.63) is 53.8 Å². The monoisotopic (exact) mass is 493 g/mol. The van der Waals surface area contributed by atoms with Gasteiger partial charge < -0.3 is 14.5 Å². The summed E-state index contributed by atoms with van der Waals surface area (Å²) in [5.74, 6) is 0.856. The number of hydrogen-bond acceptors (Lipinski definition) is 4. The van der Waals surface area contributed by atoms with Gasteiger partial charge in [-0.15, -0.1) is 0 Å². The number of carbonyl (C=O) groups excluding carboxylic acids is 1. The fourth-order valence-corrected chi connectivity index (χ4v) is 6.19. The molecule has 0 radical (unpaired) electrons. The number of carbonyl (C=O) groups is 1. The van der Waals surface area contributed by atoms with Gasteiger partial charge in [-0.05, 0) is 63.3 Å². The van der Waals surface area contributed by atoms with Crippen LogP contribution in [0.25, 0.3) is 0 Å². The van der Waals surface area contributed by atoms with Crippen LogP contribution in [-0.2, 0) is 11.2 Å². The highest BCUT2D eigenvalue weighted by molar-refractivity contribution is 5.97. The summed E-state index contributed by atoms with van der Waals surface area (Å²) in [6.45, 7) is 8.40. The molecule has 3 aliphatic rings. The maximum Gasteiger partial charge on any atom is 0.230 e. The summed E-state index contributed by atoms with van der Waals surface area (Å²) in [7, 11) is 0. The van der Waals surface area contributed by atoms with Gasteiger partial charge >= 0.3 is 0 Å². The molecule has 194 valence electrons. The van der Waals surface area contributed by atoms with Gasteiger partial charge in [0.1, 0.15) is 11.6 Å². The van der Waals surface area contributed by atoms with Crippen LogP contribution in [-0.4, -0.2) is 55.7 Å². The highest BCUT2D eigenvalue weighted by Crippen LogP contribution is 2.36. The standard InChI is InChI=1S/C30H40FN3O2/c1-22(2)36-29-20-25(31)13-15-28(29)33-18-16-32(17-19-33)21-26-14-12-23-8-6-7-11-27(23)34(26)30(35)24-9-4-3-5-10-24/h6-8,11,13,15,20,22,24,26H,3-5,9-10,12,14,16-19,21H2,1-2H3. The van der Waals surface area contributed by atoms with Crippen LogP contribution in [0.2, 0.25) is 0 Å². The summed E-state index contributed by atoms with van der Waals surface area (Å²) in [6, 6.07) is 13.6. The predicted molar refractivity (Wildman–Crippen MR) is 143 cm³/mol. The fourth-order valence-electron chi connectivity index (χ4n) is 6.19. The number of aryl methyl sites for hydroxylation is 1. The second-order valence-corrected chi connectivity index (χ2v) is 10.9. The second kappa shape index (κ2) is 11.2. The van der Waals surface area contributed by atoms with Crippen LogP contribution < -0.4 is 14.5 Å². The quantitative estimate of drug-likeness (QED) is 0.520. The zero-order chi connectivity index (χ0) is 25.1. The maximum atomic E-state index is 13.9. The van der Waals surface area contributed by atoms with E-state index in [9.17, 15) is 9.18 Å². The lowest BCUT2D eigenvalue weighted by molar-refractivity contribution is -0.124. The number of anilines is 2. The van der Waals surface area contributed by atoms with Crippen LogP contribution >= 0.6 is 0 Å². The first-order valence-corrected chi connectivity index (χ1v) is 13.8. The Morgan fingerprint density at radius 2 is 1.72 bits per heavy atom. The number of benzene rings is 2. The van der Waals surface area contributed by atoms with Crippen molar-refractivity contribution in [1.29, 1.82) is 0 Å². The van der Waals surface area contributed by atoms with Crippen LogP contribution in [0.5, 0.6) is 5.75 Å². The lowest BCUT2D eigenvalue weighted by Crippen LogP contribution is -2.55. The van der Waals surface area contributed by atoms with Crippen molar-refractivity contribution in [3.8, 4) is 5.75 Å². The first kappa shape index (κ1) is 25.1. The normalized spacial score (nSPS) is 21.5. The van der Waals surface area contributed by atoms with Crippen molar-refractivity contribution in [2.45, 2.75) is 70.9 Å². The van der Waals surface area contributed by atoms with Crippen molar-refractivity contribution >= 4 is 17.3 Å². The van der Waals surface area contributed by atoms with Crippen LogP contribution in [0.15, 0.2) is 42.5 Å². The molecule has 5 rings (SSSR count). The van der Waals surface area contributed by atoms with Crippen LogP contribution in [0.3, 0.4) is 0 Å². The van der Waals surface area contributed by atoms with Crippen molar-refractivity contribution in [2.75, 3.05) is 42.5 Å². The van der Waals surface area contributed by atoms with Crippen molar-refractivity contribution < 1.29 is 13.9 Å². The average Bonchev–Trinajstić information content (AvgIpc) is 2.89. The van der Waals surface area contributed by atoms with Gasteiger partial charge in [0.2, 0.25) is 5.91 Å². The molecule has 0 aromatic heterocycles. The van der Waals surface area contributed by atoms with E-state index >= 15 is 0 Å². The van der Waals surface area contributed by atoms with Gasteiger partial charge in [-0.25, -0.2) is 4.39 Å². The molecule has 1 saturated heterocycles. The first-order chi connectivity index (χ1) is 17.5. The summed E-state index contributed by atoms with van der Waals surface area (Å²) in [6.07, 6.45) is 7.69. The van der Waals surface area contributed by atoms with Gasteiger partial charge in [-0.1, -0.05) is 37.5 Å². The molecule has 0 spiro atoms. The third-order valence-corrected chi connectivity index (χ3v) is 8.02. The van der Waals surface area contributed by atoms with E-state index in [4.69, 9.17) is 4.74 Å². The van der Waals surface area contributed by atoms with Crippen LogP contribution in [0.4, 0.5) is 15.8 Å². The van der Waals surface area contributed by atoms with Gasteiger partial charge in [0.15, 0.2) is 0 Å². The van der Waals surface area contributed by atoms with Gasteiger partial charge in [-0.2, -0.15) is 0 Å². The number of amides is 1. The van der Waals surface area contributed by atoms with E-state index in [1.165, 1.54) is 37.0 Å². The molecule has 1 saturated carbocycles. The Kier molecular flexibility index (Phi) is 7.80.